The van der Waals surface area contributed by atoms with Gasteiger partial charge in [0.05, 0.1) is 5.69 Å². The minimum atomic E-state index is 0.758. The predicted octanol–water partition coefficient (Wildman–Crippen LogP) is 3.19. The maximum absolute atomic E-state index is 5.40. The fourth-order valence-electron chi connectivity index (χ4n) is 1.40. The van der Waals surface area contributed by atoms with Crippen LogP contribution in [0.15, 0.2) is 53.8 Å². The molecule has 0 aliphatic rings. The molecule has 2 aromatic rings. The number of para-hydroxylation sites is 1. The van der Waals surface area contributed by atoms with Gasteiger partial charge in [-0.05, 0) is 37.6 Å². The van der Waals surface area contributed by atoms with Gasteiger partial charge >= 0.3 is 0 Å². The van der Waals surface area contributed by atoms with Gasteiger partial charge in [0.15, 0.2) is 5.75 Å². The van der Waals surface area contributed by atoms with Crippen LogP contribution in [-0.4, -0.2) is 10.7 Å². The molecule has 2 rings (SSSR count). The average Bonchev–Trinajstić information content (AvgIpc) is 2.38. The van der Waals surface area contributed by atoms with Gasteiger partial charge in [-0.15, -0.1) is 0 Å². The molecule has 17 heavy (non-hydrogen) atoms. The van der Waals surface area contributed by atoms with E-state index in [1.165, 1.54) is 0 Å². The second kappa shape index (κ2) is 5.25. The van der Waals surface area contributed by atoms with Gasteiger partial charge in [-0.25, -0.2) is 0 Å². The number of rotatable bonds is 3. The summed E-state index contributed by atoms with van der Waals surface area (Å²) in [5, 5.41) is 4.08. The molecule has 0 saturated carbocycles. The van der Waals surface area contributed by atoms with Crippen molar-refractivity contribution in [1.29, 1.82) is 0 Å². The van der Waals surface area contributed by atoms with E-state index in [1.54, 1.807) is 6.20 Å². The summed E-state index contributed by atoms with van der Waals surface area (Å²) in [4.78, 5) is 9.60. The summed E-state index contributed by atoms with van der Waals surface area (Å²) in [6.45, 7) is 3.86. The zero-order valence-electron chi connectivity index (χ0n) is 9.92. The molecule has 0 radical (unpaired) electrons. The quantitative estimate of drug-likeness (QED) is 0.595. The highest BCUT2D eigenvalue weighted by Gasteiger charge is 2.00. The van der Waals surface area contributed by atoms with Crippen LogP contribution in [0.1, 0.15) is 18.2 Å². The Bertz CT molecular complexity index is 521. The monoisotopic (exact) mass is 226 g/mol. The number of nitrogens with zero attached hydrogens (tertiary/aromatic N) is 2. The lowest BCUT2D eigenvalue weighted by Gasteiger charge is -2.03. The highest BCUT2D eigenvalue weighted by atomic mass is 16.6. The van der Waals surface area contributed by atoms with E-state index in [0.29, 0.717) is 0 Å². The summed E-state index contributed by atoms with van der Waals surface area (Å²) in [6, 6.07) is 13.5. The van der Waals surface area contributed by atoms with E-state index in [2.05, 4.69) is 10.1 Å². The number of oxime groups is 1. The Morgan fingerprint density at radius 2 is 1.88 bits per heavy atom. The van der Waals surface area contributed by atoms with Crippen molar-refractivity contribution in [3.63, 3.8) is 0 Å². The van der Waals surface area contributed by atoms with Crippen LogP contribution >= 0.6 is 0 Å². The van der Waals surface area contributed by atoms with Gasteiger partial charge in [-0.3, -0.25) is 4.98 Å². The normalized spacial score (nSPS) is 11.3. The lowest BCUT2D eigenvalue weighted by molar-refractivity contribution is 0.339. The highest BCUT2D eigenvalue weighted by Crippen LogP contribution is 2.16. The minimum absolute atomic E-state index is 0.758. The molecule has 0 amide bonds. The Morgan fingerprint density at radius 1 is 1.12 bits per heavy atom. The van der Waals surface area contributed by atoms with Crippen LogP contribution in [0.4, 0.5) is 0 Å². The first-order valence-corrected chi connectivity index (χ1v) is 5.46. The average molecular weight is 226 g/mol. The summed E-state index contributed by atoms with van der Waals surface area (Å²) in [6.07, 6.45) is 1.74. The third-order valence-electron chi connectivity index (χ3n) is 2.41. The molecule has 0 saturated heterocycles. The summed E-state index contributed by atoms with van der Waals surface area (Å²) in [5.41, 5.74) is 2.64. The van der Waals surface area contributed by atoms with Crippen LogP contribution < -0.4 is 4.84 Å². The molecule has 0 bridgehead atoms. The Labute approximate surface area is 101 Å². The molecule has 86 valence electrons. The van der Waals surface area contributed by atoms with Gasteiger partial charge in [0.25, 0.3) is 0 Å². The smallest absolute Gasteiger partial charge is 0.160 e. The number of hydrogen-bond donors (Lipinski definition) is 0. The van der Waals surface area contributed by atoms with Crippen LogP contribution in [0.3, 0.4) is 0 Å². The molecular formula is C14H14N2O. The summed E-state index contributed by atoms with van der Waals surface area (Å²) in [7, 11) is 0. The van der Waals surface area contributed by atoms with Gasteiger partial charge in [-0.2, -0.15) is 0 Å². The SMILES string of the molecule is C/C(=N\Oc1ccccc1C)c1ccccn1. The molecule has 0 aliphatic carbocycles. The summed E-state index contributed by atoms with van der Waals surface area (Å²) in [5.74, 6) is 0.766. The van der Waals surface area contributed by atoms with E-state index in [9.17, 15) is 0 Å². The maximum Gasteiger partial charge on any atom is 0.160 e. The van der Waals surface area contributed by atoms with E-state index < -0.39 is 0 Å². The first-order valence-electron chi connectivity index (χ1n) is 5.46. The molecule has 1 aromatic heterocycles. The van der Waals surface area contributed by atoms with Crippen LogP contribution in [-0.2, 0) is 0 Å². The standard InChI is InChI=1S/C14H14N2O/c1-11-7-3-4-9-14(11)17-16-12(2)13-8-5-6-10-15-13/h3-10H,1-2H3/b16-12+. The Balaban J connectivity index is 2.14. The molecule has 0 atom stereocenters. The molecule has 0 aliphatic heterocycles. The number of hydrogen-bond acceptors (Lipinski definition) is 3. The van der Waals surface area contributed by atoms with Gasteiger partial charge in [0.1, 0.15) is 5.71 Å². The van der Waals surface area contributed by atoms with Crippen LogP contribution in [0.25, 0.3) is 0 Å². The third-order valence-corrected chi connectivity index (χ3v) is 2.41. The van der Waals surface area contributed by atoms with E-state index in [4.69, 9.17) is 4.84 Å². The first kappa shape index (κ1) is 11.3. The second-order valence-electron chi connectivity index (χ2n) is 3.75. The zero-order valence-corrected chi connectivity index (χ0v) is 9.92. The lowest BCUT2D eigenvalue weighted by atomic mass is 10.2. The van der Waals surface area contributed by atoms with E-state index in [1.807, 2.05) is 56.3 Å². The molecule has 3 nitrogen and oxygen atoms in total. The topological polar surface area (TPSA) is 34.5 Å². The molecule has 3 heteroatoms. The van der Waals surface area contributed by atoms with Gasteiger partial charge < -0.3 is 4.84 Å². The molecule has 0 unspecified atom stereocenters. The highest BCUT2D eigenvalue weighted by molar-refractivity contribution is 5.96. The van der Waals surface area contributed by atoms with Crippen molar-refractivity contribution >= 4 is 5.71 Å². The van der Waals surface area contributed by atoms with Crippen LogP contribution in [0, 0.1) is 6.92 Å². The van der Waals surface area contributed by atoms with Crippen molar-refractivity contribution in [2.45, 2.75) is 13.8 Å². The van der Waals surface area contributed by atoms with Crippen LogP contribution in [0.5, 0.6) is 5.75 Å². The van der Waals surface area contributed by atoms with E-state index in [0.717, 1.165) is 22.7 Å². The predicted molar refractivity (Wildman–Crippen MR) is 68.3 cm³/mol. The number of benzene rings is 1. The largest absolute Gasteiger partial charge is 0.356 e. The molecule has 1 aromatic carbocycles. The minimum Gasteiger partial charge on any atom is -0.356 e. The molecule has 0 N–H and O–H groups in total. The van der Waals surface area contributed by atoms with Crippen molar-refractivity contribution in [3.8, 4) is 5.75 Å². The Morgan fingerprint density at radius 3 is 2.59 bits per heavy atom. The first-order chi connectivity index (χ1) is 8.27. The second-order valence-corrected chi connectivity index (χ2v) is 3.75. The van der Waals surface area contributed by atoms with Crippen molar-refractivity contribution in [1.82, 2.24) is 4.98 Å². The van der Waals surface area contributed by atoms with Gasteiger partial charge in [-0.1, -0.05) is 29.4 Å². The van der Waals surface area contributed by atoms with Crippen molar-refractivity contribution in [2.24, 2.45) is 5.16 Å². The Hall–Kier alpha value is -2.16. The van der Waals surface area contributed by atoms with Crippen molar-refractivity contribution in [3.05, 3.63) is 59.9 Å². The number of aryl methyl sites for hydroxylation is 1. The Kier molecular flexibility index (Phi) is 3.50. The van der Waals surface area contributed by atoms with E-state index >= 15 is 0 Å². The van der Waals surface area contributed by atoms with Crippen LogP contribution in [0.2, 0.25) is 0 Å². The molecule has 1 heterocycles. The van der Waals surface area contributed by atoms with Crippen molar-refractivity contribution in [2.75, 3.05) is 0 Å². The summed E-state index contributed by atoms with van der Waals surface area (Å²) < 4.78 is 0. The molecule has 0 fully saturated rings. The molecule has 0 spiro atoms. The number of aromatic nitrogens is 1. The maximum atomic E-state index is 5.40. The summed E-state index contributed by atoms with van der Waals surface area (Å²) >= 11 is 0. The zero-order chi connectivity index (χ0) is 12.1. The molecular weight excluding hydrogens is 212 g/mol. The van der Waals surface area contributed by atoms with Gasteiger partial charge in [0.2, 0.25) is 0 Å². The van der Waals surface area contributed by atoms with Crippen molar-refractivity contribution < 1.29 is 4.84 Å². The fourth-order valence-corrected chi connectivity index (χ4v) is 1.40. The fraction of sp³-hybridized carbons (Fsp3) is 0.143. The third kappa shape index (κ3) is 2.91. The van der Waals surface area contributed by atoms with Gasteiger partial charge in [0, 0.05) is 6.20 Å². The van der Waals surface area contributed by atoms with E-state index in [-0.39, 0.29) is 0 Å². The number of pyridine rings is 1. The lowest BCUT2D eigenvalue weighted by Crippen LogP contribution is -2.00.